The molecule has 20 heavy (non-hydrogen) atoms. The van der Waals surface area contributed by atoms with Crippen LogP contribution >= 0.6 is 0 Å². The summed E-state index contributed by atoms with van der Waals surface area (Å²) in [5.41, 5.74) is 8.56. The molecule has 1 aliphatic heterocycles. The third-order valence-electron chi connectivity index (χ3n) is 3.62. The third-order valence-corrected chi connectivity index (χ3v) is 3.62. The van der Waals surface area contributed by atoms with Crippen LogP contribution in [-0.2, 0) is 0 Å². The summed E-state index contributed by atoms with van der Waals surface area (Å²) in [6.45, 7) is 0.684. The van der Waals surface area contributed by atoms with E-state index < -0.39 is 5.97 Å². The molecule has 0 aliphatic carbocycles. The fourth-order valence-electron chi connectivity index (χ4n) is 2.68. The van der Waals surface area contributed by atoms with E-state index in [1.807, 2.05) is 24.3 Å². The van der Waals surface area contributed by atoms with E-state index >= 15 is 0 Å². The van der Waals surface area contributed by atoms with Gasteiger partial charge in [0.1, 0.15) is 0 Å². The van der Waals surface area contributed by atoms with E-state index in [0.29, 0.717) is 12.1 Å². The van der Waals surface area contributed by atoms with Crippen LogP contribution in [0, 0.1) is 0 Å². The summed E-state index contributed by atoms with van der Waals surface area (Å²) in [5.74, 6) is -0.830. The van der Waals surface area contributed by atoms with Crippen molar-refractivity contribution in [2.24, 2.45) is 0 Å². The number of aromatic carboxylic acids is 1. The molecular formula is C15H15N3O2. The Kier molecular flexibility index (Phi) is 3.45. The summed E-state index contributed by atoms with van der Waals surface area (Å²) >= 11 is 0. The van der Waals surface area contributed by atoms with Gasteiger partial charge in [-0.3, -0.25) is 10.4 Å². The van der Waals surface area contributed by atoms with Crippen molar-refractivity contribution in [3.8, 4) is 0 Å². The van der Waals surface area contributed by atoms with Gasteiger partial charge < -0.3 is 5.11 Å². The third kappa shape index (κ3) is 2.29. The van der Waals surface area contributed by atoms with Gasteiger partial charge in [-0.25, -0.2) is 10.2 Å². The standard InChI is InChI=1S/C15H15N3O2/c19-15(20)12-6-2-1-5-11(12)13-9-17-18-14(13)10-4-3-7-16-8-10/h1-8,13-14,17-18H,9H2,(H,19,20). The van der Waals surface area contributed by atoms with Crippen LogP contribution < -0.4 is 10.9 Å². The van der Waals surface area contributed by atoms with E-state index in [0.717, 1.165) is 11.1 Å². The summed E-state index contributed by atoms with van der Waals surface area (Å²) in [6, 6.07) is 11.1. The number of carboxylic acid groups (broad SMARTS) is 1. The van der Waals surface area contributed by atoms with Gasteiger partial charge in [0.25, 0.3) is 0 Å². The van der Waals surface area contributed by atoms with Crippen molar-refractivity contribution in [3.05, 3.63) is 65.5 Å². The molecule has 0 bridgehead atoms. The highest BCUT2D eigenvalue weighted by atomic mass is 16.4. The summed E-state index contributed by atoms with van der Waals surface area (Å²) in [7, 11) is 0. The number of rotatable bonds is 3. The van der Waals surface area contributed by atoms with Gasteiger partial charge in [-0.1, -0.05) is 24.3 Å². The molecule has 1 aromatic heterocycles. The van der Waals surface area contributed by atoms with Crippen molar-refractivity contribution in [2.45, 2.75) is 12.0 Å². The minimum atomic E-state index is -0.891. The van der Waals surface area contributed by atoms with Gasteiger partial charge in [-0.2, -0.15) is 0 Å². The molecule has 3 rings (SSSR count). The predicted octanol–water partition coefficient (Wildman–Crippen LogP) is 1.71. The van der Waals surface area contributed by atoms with Gasteiger partial charge >= 0.3 is 5.97 Å². The minimum absolute atomic E-state index is 0.0178. The van der Waals surface area contributed by atoms with E-state index in [9.17, 15) is 9.90 Å². The van der Waals surface area contributed by atoms with E-state index in [2.05, 4.69) is 15.8 Å². The Bertz CT molecular complexity index is 616. The highest BCUT2D eigenvalue weighted by Gasteiger charge is 2.32. The van der Waals surface area contributed by atoms with Crippen LogP contribution in [0.3, 0.4) is 0 Å². The molecule has 2 aromatic rings. The first kappa shape index (κ1) is 12.8. The Hall–Kier alpha value is -2.24. The molecule has 2 heterocycles. The molecule has 1 fully saturated rings. The van der Waals surface area contributed by atoms with E-state index in [1.165, 1.54) is 0 Å². The summed E-state index contributed by atoms with van der Waals surface area (Å²) in [6.07, 6.45) is 3.53. The number of hydrogen-bond acceptors (Lipinski definition) is 4. The Morgan fingerprint density at radius 1 is 1.25 bits per heavy atom. The molecule has 0 spiro atoms. The maximum atomic E-state index is 11.4. The summed E-state index contributed by atoms with van der Waals surface area (Å²) < 4.78 is 0. The quantitative estimate of drug-likeness (QED) is 0.791. The lowest BCUT2D eigenvalue weighted by Gasteiger charge is -2.20. The van der Waals surface area contributed by atoms with Crippen molar-refractivity contribution in [1.82, 2.24) is 15.8 Å². The molecule has 3 N–H and O–H groups in total. The highest BCUT2D eigenvalue weighted by Crippen LogP contribution is 2.34. The van der Waals surface area contributed by atoms with Crippen molar-refractivity contribution >= 4 is 5.97 Å². The number of carboxylic acids is 1. The second-order valence-corrected chi connectivity index (χ2v) is 4.79. The molecule has 1 saturated heterocycles. The monoisotopic (exact) mass is 269 g/mol. The van der Waals surface area contributed by atoms with Crippen molar-refractivity contribution in [2.75, 3.05) is 6.54 Å². The fraction of sp³-hybridized carbons (Fsp3) is 0.200. The zero-order valence-corrected chi connectivity index (χ0v) is 10.8. The number of pyridine rings is 1. The molecule has 1 aliphatic rings. The Morgan fingerprint density at radius 2 is 2.10 bits per heavy atom. The van der Waals surface area contributed by atoms with E-state index in [-0.39, 0.29) is 12.0 Å². The largest absolute Gasteiger partial charge is 0.478 e. The van der Waals surface area contributed by atoms with Crippen LogP contribution in [0.5, 0.6) is 0 Å². The maximum absolute atomic E-state index is 11.4. The lowest BCUT2D eigenvalue weighted by atomic mass is 9.86. The molecule has 0 radical (unpaired) electrons. The molecule has 2 atom stereocenters. The Morgan fingerprint density at radius 3 is 2.85 bits per heavy atom. The van der Waals surface area contributed by atoms with Crippen LogP contribution in [0.4, 0.5) is 0 Å². The normalized spacial score (nSPS) is 21.8. The summed E-state index contributed by atoms with van der Waals surface area (Å²) in [5, 5.41) is 9.33. The Labute approximate surface area is 116 Å². The van der Waals surface area contributed by atoms with Gasteiger partial charge in [0.15, 0.2) is 0 Å². The second kappa shape index (κ2) is 5.40. The van der Waals surface area contributed by atoms with Crippen LogP contribution in [-0.4, -0.2) is 22.6 Å². The van der Waals surface area contributed by atoms with Crippen LogP contribution in [0.25, 0.3) is 0 Å². The zero-order valence-electron chi connectivity index (χ0n) is 10.8. The number of nitrogens with one attached hydrogen (secondary N) is 2. The highest BCUT2D eigenvalue weighted by molar-refractivity contribution is 5.89. The first-order valence-corrected chi connectivity index (χ1v) is 6.48. The van der Waals surface area contributed by atoms with Gasteiger partial charge in [0.05, 0.1) is 11.6 Å². The number of aromatic nitrogens is 1. The SMILES string of the molecule is O=C(O)c1ccccc1C1CNNC1c1cccnc1. The van der Waals surface area contributed by atoms with E-state index in [4.69, 9.17) is 0 Å². The number of hydrogen-bond donors (Lipinski definition) is 3. The number of carbonyl (C=O) groups is 1. The van der Waals surface area contributed by atoms with Crippen LogP contribution in [0.15, 0.2) is 48.8 Å². The minimum Gasteiger partial charge on any atom is -0.478 e. The van der Waals surface area contributed by atoms with Crippen LogP contribution in [0.1, 0.15) is 33.4 Å². The number of hydrazine groups is 1. The average Bonchev–Trinajstić information content (AvgIpc) is 2.97. The molecular weight excluding hydrogens is 254 g/mol. The number of benzene rings is 1. The smallest absolute Gasteiger partial charge is 0.335 e. The maximum Gasteiger partial charge on any atom is 0.335 e. The molecule has 2 unspecified atom stereocenters. The average molecular weight is 269 g/mol. The van der Waals surface area contributed by atoms with Gasteiger partial charge in [0, 0.05) is 24.9 Å². The molecule has 0 saturated carbocycles. The lowest BCUT2D eigenvalue weighted by molar-refractivity contribution is 0.0695. The molecule has 1 aromatic carbocycles. The molecule has 0 amide bonds. The van der Waals surface area contributed by atoms with Crippen molar-refractivity contribution < 1.29 is 9.90 Å². The first-order chi connectivity index (χ1) is 9.77. The van der Waals surface area contributed by atoms with Crippen molar-refractivity contribution in [1.29, 1.82) is 0 Å². The second-order valence-electron chi connectivity index (χ2n) is 4.79. The lowest BCUT2D eigenvalue weighted by Crippen LogP contribution is -2.25. The van der Waals surface area contributed by atoms with Crippen molar-refractivity contribution in [3.63, 3.8) is 0 Å². The molecule has 102 valence electrons. The Balaban J connectivity index is 1.99. The van der Waals surface area contributed by atoms with Gasteiger partial charge in [0.2, 0.25) is 0 Å². The van der Waals surface area contributed by atoms with Crippen LogP contribution in [0.2, 0.25) is 0 Å². The first-order valence-electron chi connectivity index (χ1n) is 6.48. The predicted molar refractivity (Wildman–Crippen MR) is 74.3 cm³/mol. The number of nitrogens with zero attached hydrogens (tertiary/aromatic N) is 1. The summed E-state index contributed by atoms with van der Waals surface area (Å²) in [4.78, 5) is 15.5. The molecule has 5 nitrogen and oxygen atoms in total. The zero-order chi connectivity index (χ0) is 13.9. The topological polar surface area (TPSA) is 74.2 Å². The fourth-order valence-corrected chi connectivity index (χ4v) is 2.68. The van der Waals surface area contributed by atoms with Gasteiger partial charge in [-0.15, -0.1) is 0 Å². The van der Waals surface area contributed by atoms with E-state index in [1.54, 1.807) is 24.5 Å². The molecule has 5 heteroatoms. The van der Waals surface area contributed by atoms with Gasteiger partial charge in [-0.05, 0) is 23.3 Å².